The van der Waals surface area contributed by atoms with E-state index >= 15 is 0 Å². The van der Waals surface area contributed by atoms with Crippen LogP contribution in [0.3, 0.4) is 0 Å². The first-order chi connectivity index (χ1) is 11.8. The average molecular weight is 320 g/mol. The standard InChI is InChI=1S/C19H20N4O/c1-2-17-18-8-4-10-21(18)12-13-22(17)19(24)15-6-3-7-16(14-15)23-11-5-9-20-23/h3-11,14,17H,2,12-13H2,1H3. The second-order valence-electron chi connectivity index (χ2n) is 6.05. The molecular formula is C19H20N4O. The Balaban J connectivity index is 1.65. The molecule has 3 heterocycles. The summed E-state index contributed by atoms with van der Waals surface area (Å²) in [6, 6.07) is 13.9. The minimum absolute atomic E-state index is 0.0864. The van der Waals surface area contributed by atoms with Crippen molar-refractivity contribution in [1.29, 1.82) is 0 Å². The van der Waals surface area contributed by atoms with Crippen LogP contribution >= 0.6 is 0 Å². The van der Waals surface area contributed by atoms with Crippen LogP contribution in [0.25, 0.3) is 5.69 Å². The maximum atomic E-state index is 13.1. The van der Waals surface area contributed by atoms with Gasteiger partial charge in [-0.3, -0.25) is 4.79 Å². The molecule has 0 radical (unpaired) electrons. The van der Waals surface area contributed by atoms with E-state index < -0.39 is 0 Å². The summed E-state index contributed by atoms with van der Waals surface area (Å²) >= 11 is 0. The van der Waals surface area contributed by atoms with Crippen molar-refractivity contribution in [3.05, 3.63) is 72.3 Å². The van der Waals surface area contributed by atoms with Gasteiger partial charge in [0.05, 0.1) is 11.7 Å². The SMILES string of the molecule is CCC1c2cccn2CCN1C(=O)c1cccc(-n2cccn2)c1. The molecule has 5 heteroatoms. The third kappa shape index (κ3) is 2.42. The number of benzene rings is 1. The summed E-state index contributed by atoms with van der Waals surface area (Å²) in [6.45, 7) is 3.72. The van der Waals surface area contributed by atoms with Crippen LogP contribution in [0.2, 0.25) is 0 Å². The van der Waals surface area contributed by atoms with Crippen LogP contribution in [0.1, 0.15) is 35.4 Å². The van der Waals surface area contributed by atoms with E-state index in [1.807, 2.05) is 41.4 Å². The van der Waals surface area contributed by atoms with Crippen LogP contribution in [0.4, 0.5) is 0 Å². The minimum atomic E-state index is 0.0864. The van der Waals surface area contributed by atoms with Gasteiger partial charge < -0.3 is 9.47 Å². The molecule has 0 aliphatic carbocycles. The molecule has 0 N–H and O–H groups in total. The van der Waals surface area contributed by atoms with Crippen LogP contribution in [-0.2, 0) is 6.54 Å². The van der Waals surface area contributed by atoms with E-state index in [0.29, 0.717) is 5.56 Å². The third-order valence-electron chi connectivity index (χ3n) is 4.67. The van der Waals surface area contributed by atoms with Gasteiger partial charge in [-0.05, 0) is 42.8 Å². The first kappa shape index (κ1) is 14.8. The molecule has 0 saturated carbocycles. The zero-order chi connectivity index (χ0) is 16.5. The Morgan fingerprint density at radius 3 is 2.88 bits per heavy atom. The molecule has 1 atom stereocenters. The highest BCUT2D eigenvalue weighted by Crippen LogP contribution is 2.30. The lowest BCUT2D eigenvalue weighted by atomic mass is 10.0. The van der Waals surface area contributed by atoms with Crippen molar-refractivity contribution in [2.24, 2.45) is 0 Å². The number of nitrogens with zero attached hydrogens (tertiary/aromatic N) is 4. The lowest BCUT2D eigenvalue weighted by Crippen LogP contribution is -2.41. The van der Waals surface area contributed by atoms with Crippen LogP contribution in [0.15, 0.2) is 61.1 Å². The normalized spacial score (nSPS) is 16.9. The number of amides is 1. The number of hydrogen-bond acceptors (Lipinski definition) is 2. The van der Waals surface area contributed by atoms with E-state index in [9.17, 15) is 4.79 Å². The van der Waals surface area contributed by atoms with E-state index in [1.54, 1.807) is 10.9 Å². The monoisotopic (exact) mass is 320 g/mol. The number of carbonyl (C=O) groups excluding carboxylic acids is 1. The predicted octanol–water partition coefficient (Wildman–Crippen LogP) is 3.28. The molecule has 122 valence electrons. The minimum Gasteiger partial charge on any atom is -0.348 e. The molecular weight excluding hydrogens is 300 g/mol. The molecule has 4 rings (SSSR count). The Kier molecular flexibility index (Phi) is 3.69. The fourth-order valence-corrected chi connectivity index (χ4v) is 3.51. The zero-order valence-electron chi connectivity index (χ0n) is 13.7. The van der Waals surface area contributed by atoms with Crippen LogP contribution in [-0.4, -0.2) is 31.7 Å². The molecule has 1 unspecified atom stereocenters. The maximum Gasteiger partial charge on any atom is 0.254 e. The van der Waals surface area contributed by atoms with Crippen molar-refractivity contribution < 1.29 is 4.79 Å². The van der Waals surface area contributed by atoms with Crippen molar-refractivity contribution in [2.75, 3.05) is 6.54 Å². The zero-order valence-corrected chi connectivity index (χ0v) is 13.7. The molecule has 24 heavy (non-hydrogen) atoms. The topological polar surface area (TPSA) is 43.1 Å². The van der Waals surface area contributed by atoms with Gasteiger partial charge >= 0.3 is 0 Å². The summed E-state index contributed by atoms with van der Waals surface area (Å²) in [6.07, 6.45) is 6.62. The summed E-state index contributed by atoms with van der Waals surface area (Å²) in [4.78, 5) is 15.1. The fourth-order valence-electron chi connectivity index (χ4n) is 3.51. The summed E-state index contributed by atoms with van der Waals surface area (Å²) in [5.41, 5.74) is 2.83. The van der Waals surface area contributed by atoms with Gasteiger partial charge in [0.25, 0.3) is 5.91 Å². The number of rotatable bonds is 3. The Hall–Kier alpha value is -2.82. The second kappa shape index (κ2) is 6.00. The van der Waals surface area contributed by atoms with Gasteiger partial charge in [-0.25, -0.2) is 4.68 Å². The Labute approximate surface area is 141 Å². The highest BCUT2D eigenvalue weighted by molar-refractivity contribution is 5.95. The van der Waals surface area contributed by atoms with Gasteiger partial charge in [0.1, 0.15) is 0 Å². The Morgan fingerprint density at radius 1 is 1.17 bits per heavy atom. The number of hydrogen-bond donors (Lipinski definition) is 0. The van der Waals surface area contributed by atoms with E-state index in [4.69, 9.17) is 0 Å². The predicted molar refractivity (Wildman–Crippen MR) is 92.1 cm³/mol. The van der Waals surface area contributed by atoms with Crippen molar-refractivity contribution in [1.82, 2.24) is 19.2 Å². The smallest absolute Gasteiger partial charge is 0.254 e. The molecule has 1 aromatic carbocycles. The van der Waals surface area contributed by atoms with Crippen molar-refractivity contribution >= 4 is 5.91 Å². The number of carbonyl (C=O) groups is 1. The number of aromatic nitrogens is 3. The molecule has 0 spiro atoms. The average Bonchev–Trinajstić information content (AvgIpc) is 3.31. The van der Waals surface area contributed by atoms with Gasteiger partial charge in [-0.1, -0.05) is 13.0 Å². The van der Waals surface area contributed by atoms with Crippen molar-refractivity contribution in [3.63, 3.8) is 0 Å². The van der Waals surface area contributed by atoms with Gasteiger partial charge in [0, 0.05) is 42.9 Å². The fraction of sp³-hybridized carbons (Fsp3) is 0.263. The Morgan fingerprint density at radius 2 is 2.08 bits per heavy atom. The van der Waals surface area contributed by atoms with E-state index in [0.717, 1.165) is 25.2 Å². The molecule has 1 amide bonds. The lowest BCUT2D eigenvalue weighted by molar-refractivity contribution is 0.0618. The Bertz CT molecular complexity index is 850. The largest absolute Gasteiger partial charge is 0.348 e. The second-order valence-corrected chi connectivity index (χ2v) is 6.05. The summed E-state index contributed by atoms with van der Waals surface area (Å²) in [5.74, 6) is 0.0864. The third-order valence-corrected chi connectivity index (χ3v) is 4.67. The van der Waals surface area contributed by atoms with Crippen LogP contribution in [0.5, 0.6) is 0 Å². The van der Waals surface area contributed by atoms with Crippen molar-refractivity contribution in [2.45, 2.75) is 25.9 Å². The first-order valence-corrected chi connectivity index (χ1v) is 8.34. The molecule has 0 fully saturated rings. The molecule has 0 bridgehead atoms. The van der Waals surface area contributed by atoms with Crippen molar-refractivity contribution in [3.8, 4) is 5.69 Å². The highest BCUT2D eigenvalue weighted by Gasteiger charge is 2.30. The molecule has 3 aromatic rings. The van der Waals surface area contributed by atoms with E-state index in [2.05, 4.69) is 34.9 Å². The summed E-state index contributed by atoms with van der Waals surface area (Å²) in [5, 5.41) is 4.24. The van der Waals surface area contributed by atoms with Crippen LogP contribution in [0, 0.1) is 0 Å². The van der Waals surface area contributed by atoms with Gasteiger partial charge in [0.2, 0.25) is 0 Å². The quantitative estimate of drug-likeness (QED) is 0.743. The molecule has 5 nitrogen and oxygen atoms in total. The number of fused-ring (bicyclic) bond motifs is 1. The van der Waals surface area contributed by atoms with Gasteiger partial charge in [0.15, 0.2) is 0 Å². The van der Waals surface area contributed by atoms with Gasteiger partial charge in [-0.15, -0.1) is 0 Å². The van der Waals surface area contributed by atoms with Crippen LogP contribution < -0.4 is 0 Å². The molecule has 0 saturated heterocycles. The maximum absolute atomic E-state index is 13.1. The molecule has 1 aliphatic heterocycles. The summed E-state index contributed by atoms with van der Waals surface area (Å²) < 4.78 is 4.02. The highest BCUT2D eigenvalue weighted by atomic mass is 16.2. The molecule has 1 aliphatic rings. The molecule has 2 aromatic heterocycles. The van der Waals surface area contributed by atoms with E-state index in [1.165, 1.54) is 5.69 Å². The summed E-state index contributed by atoms with van der Waals surface area (Å²) in [7, 11) is 0. The first-order valence-electron chi connectivity index (χ1n) is 8.34. The lowest BCUT2D eigenvalue weighted by Gasteiger charge is -2.36. The van der Waals surface area contributed by atoms with E-state index in [-0.39, 0.29) is 11.9 Å². The van der Waals surface area contributed by atoms with Gasteiger partial charge in [-0.2, -0.15) is 5.10 Å².